The van der Waals surface area contributed by atoms with Gasteiger partial charge in [-0.3, -0.25) is 0 Å². The van der Waals surface area contributed by atoms with E-state index >= 15 is 0 Å². The summed E-state index contributed by atoms with van der Waals surface area (Å²) in [5.41, 5.74) is 2.06. The van der Waals surface area contributed by atoms with Crippen molar-refractivity contribution in [1.82, 2.24) is 15.0 Å². The Morgan fingerprint density at radius 1 is 1.31 bits per heavy atom. The fourth-order valence-corrected chi connectivity index (χ4v) is 1.61. The van der Waals surface area contributed by atoms with Gasteiger partial charge in [-0.15, -0.1) is 16.7 Å². The second kappa shape index (κ2) is 5.12. The van der Waals surface area contributed by atoms with Crippen molar-refractivity contribution in [2.75, 3.05) is 0 Å². The fourth-order valence-electron chi connectivity index (χ4n) is 1.51. The van der Waals surface area contributed by atoms with Crippen molar-refractivity contribution < 1.29 is 0 Å². The molecule has 1 aromatic carbocycles. The molecule has 4 heteroatoms. The highest BCUT2D eigenvalue weighted by Gasteiger charge is 2.09. The van der Waals surface area contributed by atoms with Gasteiger partial charge in [0, 0.05) is 0 Å². The summed E-state index contributed by atoms with van der Waals surface area (Å²) in [5, 5.41) is 8.09. The second-order valence-electron chi connectivity index (χ2n) is 3.70. The molecule has 0 bridgehead atoms. The predicted molar refractivity (Wildman–Crippen MR) is 64.5 cm³/mol. The van der Waals surface area contributed by atoms with E-state index in [-0.39, 0.29) is 5.38 Å². The minimum Gasteiger partial charge on any atom is -0.248 e. The van der Waals surface area contributed by atoms with E-state index in [1.807, 2.05) is 36.0 Å². The Hall–Kier alpha value is -1.35. The van der Waals surface area contributed by atoms with Crippen LogP contribution in [0.25, 0.3) is 0 Å². The molecule has 2 rings (SSSR count). The van der Waals surface area contributed by atoms with Crippen molar-refractivity contribution in [3.05, 3.63) is 47.8 Å². The van der Waals surface area contributed by atoms with Gasteiger partial charge in [-0.1, -0.05) is 42.5 Å². The first kappa shape index (κ1) is 11.1. The Balaban J connectivity index is 2.09. The molecule has 0 aliphatic rings. The van der Waals surface area contributed by atoms with E-state index in [0.717, 1.165) is 18.7 Å². The minimum absolute atomic E-state index is 0.0375. The molecule has 1 unspecified atom stereocenters. The summed E-state index contributed by atoms with van der Waals surface area (Å²) in [7, 11) is 0. The molecule has 0 aliphatic heterocycles. The number of alkyl halides is 1. The lowest BCUT2D eigenvalue weighted by Gasteiger charge is -2.00. The highest BCUT2D eigenvalue weighted by molar-refractivity contribution is 6.20. The van der Waals surface area contributed by atoms with E-state index in [1.54, 1.807) is 0 Å². The molecular formula is C12H14ClN3. The number of hydrogen-bond donors (Lipinski definition) is 0. The van der Waals surface area contributed by atoms with Gasteiger partial charge in [0.2, 0.25) is 0 Å². The lowest BCUT2D eigenvalue weighted by Crippen LogP contribution is -1.99. The maximum Gasteiger partial charge on any atom is 0.101 e. The van der Waals surface area contributed by atoms with Crippen LogP contribution in [-0.4, -0.2) is 15.0 Å². The molecule has 2 aromatic rings. The van der Waals surface area contributed by atoms with Crippen LogP contribution in [-0.2, 0) is 6.54 Å². The van der Waals surface area contributed by atoms with Crippen molar-refractivity contribution >= 4 is 11.6 Å². The van der Waals surface area contributed by atoms with Gasteiger partial charge in [0.1, 0.15) is 5.69 Å². The average molecular weight is 236 g/mol. The molecule has 16 heavy (non-hydrogen) atoms. The van der Waals surface area contributed by atoms with Crippen molar-refractivity contribution in [2.24, 2.45) is 0 Å². The van der Waals surface area contributed by atoms with E-state index in [9.17, 15) is 0 Å². The zero-order valence-electron chi connectivity index (χ0n) is 9.18. The van der Waals surface area contributed by atoms with Crippen LogP contribution in [0.1, 0.15) is 30.0 Å². The summed E-state index contributed by atoms with van der Waals surface area (Å²) in [5.74, 6) is 0. The molecule has 0 fully saturated rings. The topological polar surface area (TPSA) is 30.7 Å². The summed E-state index contributed by atoms with van der Waals surface area (Å²) in [4.78, 5) is 0. The maximum atomic E-state index is 6.09. The van der Waals surface area contributed by atoms with Crippen LogP contribution in [0.15, 0.2) is 36.5 Å². The smallest absolute Gasteiger partial charge is 0.101 e. The molecule has 3 nitrogen and oxygen atoms in total. The Labute approximate surface area is 100 Å². The number of aromatic nitrogens is 3. The van der Waals surface area contributed by atoms with Gasteiger partial charge in [-0.25, -0.2) is 4.68 Å². The third kappa shape index (κ3) is 2.61. The molecule has 0 spiro atoms. The van der Waals surface area contributed by atoms with Crippen molar-refractivity contribution in [2.45, 2.75) is 25.3 Å². The van der Waals surface area contributed by atoms with E-state index in [2.05, 4.69) is 22.4 Å². The summed E-state index contributed by atoms with van der Waals surface area (Å²) in [6.45, 7) is 2.77. The lowest BCUT2D eigenvalue weighted by molar-refractivity contribution is 0.649. The Kier molecular flexibility index (Phi) is 3.57. The van der Waals surface area contributed by atoms with E-state index in [1.165, 1.54) is 5.56 Å². The molecule has 1 atom stereocenters. The standard InChI is InChI=1S/C12H14ClN3/c1-2-11(13)12-9-16(15-14-12)8-10-6-4-3-5-7-10/h3-7,9,11H,2,8H2,1H3. The third-order valence-corrected chi connectivity index (χ3v) is 2.96. The summed E-state index contributed by atoms with van der Waals surface area (Å²) >= 11 is 6.09. The van der Waals surface area contributed by atoms with Crippen LogP contribution >= 0.6 is 11.6 Å². The Morgan fingerprint density at radius 2 is 2.06 bits per heavy atom. The number of halogens is 1. The van der Waals surface area contributed by atoms with E-state index in [0.29, 0.717) is 0 Å². The molecule has 84 valence electrons. The highest BCUT2D eigenvalue weighted by Crippen LogP contribution is 2.20. The molecular weight excluding hydrogens is 222 g/mol. The molecule has 0 aliphatic carbocycles. The molecule has 0 radical (unpaired) electrons. The van der Waals surface area contributed by atoms with E-state index < -0.39 is 0 Å². The van der Waals surface area contributed by atoms with Crippen LogP contribution in [0.3, 0.4) is 0 Å². The first-order chi connectivity index (χ1) is 7.79. The largest absolute Gasteiger partial charge is 0.248 e. The van der Waals surface area contributed by atoms with Crippen molar-refractivity contribution in [1.29, 1.82) is 0 Å². The highest BCUT2D eigenvalue weighted by atomic mass is 35.5. The predicted octanol–water partition coefficient (Wildman–Crippen LogP) is 3.02. The third-order valence-electron chi connectivity index (χ3n) is 2.42. The van der Waals surface area contributed by atoms with Crippen LogP contribution in [0, 0.1) is 0 Å². The fraction of sp³-hybridized carbons (Fsp3) is 0.333. The molecule has 1 heterocycles. The van der Waals surface area contributed by atoms with Gasteiger partial charge in [0.25, 0.3) is 0 Å². The normalized spacial score (nSPS) is 12.6. The molecule has 0 amide bonds. The number of rotatable bonds is 4. The quantitative estimate of drug-likeness (QED) is 0.763. The van der Waals surface area contributed by atoms with Crippen molar-refractivity contribution in [3.8, 4) is 0 Å². The number of hydrogen-bond acceptors (Lipinski definition) is 2. The second-order valence-corrected chi connectivity index (χ2v) is 4.23. The summed E-state index contributed by atoms with van der Waals surface area (Å²) in [6, 6.07) is 10.2. The van der Waals surface area contributed by atoms with Crippen LogP contribution in [0.2, 0.25) is 0 Å². The van der Waals surface area contributed by atoms with Gasteiger partial charge in [0.05, 0.1) is 18.1 Å². The molecule has 0 saturated carbocycles. The first-order valence-electron chi connectivity index (χ1n) is 5.37. The number of benzene rings is 1. The van der Waals surface area contributed by atoms with Gasteiger partial charge in [-0.2, -0.15) is 0 Å². The van der Waals surface area contributed by atoms with Gasteiger partial charge in [0.15, 0.2) is 0 Å². The zero-order valence-corrected chi connectivity index (χ0v) is 9.93. The van der Waals surface area contributed by atoms with Gasteiger partial charge >= 0.3 is 0 Å². The Bertz CT molecular complexity index is 439. The number of nitrogens with zero attached hydrogens (tertiary/aromatic N) is 3. The summed E-state index contributed by atoms with van der Waals surface area (Å²) in [6.07, 6.45) is 2.78. The monoisotopic (exact) mass is 235 g/mol. The van der Waals surface area contributed by atoms with Crippen LogP contribution in [0.5, 0.6) is 0 Å². The van der Waals surface area contributed by atoms with E-state index in [4.69, 9.17) is 11.6 Å². The first-order valence-corrected chi connectivity index (χ1v) is 5.81. The zero-order chi connectivity index (χ0) is 11.4. The average Bonchev–Trinajstić information content (AvgIpc) is 2.78. The maximum absolute atomic E-state index is 6.09. The van der Waals surface area contributed by atoms with Gasteiger partial charge in [-0.05, 0) is 12.0 Å². The molecule has 0 saturated heterocycles. The Morgan fingerprint density at radius 3 is 2.75 bits per heavy atom. The summed E-state index contributed by atoms with van der Waals surface area (Å²) < 4.78 is 1.82. The molecule has 1 aromatic heterocycles. The molecule has 0 N–H and O–H groups in total. The minimum atomic E-state index is -0.0375. The lowest BCUT2D eigenvalue weighted by atomic mass is 10.2. The van der Waals surface area contributed by atoms with Crippen LogP contribution in [0.4, 0.5) is 0 Å². The SMILES string of the molecule is CCC(Cl)c1cn(Cc2ccccc2)nn1. The van der Waals surface area contributed by atoms with Crippen molar-refractivity contribution in [3.63, 3.8) is 0 Å². The van der Waals surface area contributed by atoms with Crippen LogP contribution < -0.4 is 0 Å². The van der Waals surface area contributed by atoms with Gasteiger partial charge < -0.3 is 0 Å².